The van der Waals surface area contributed by atoms with Crippen LogP contribution in [0.5, 0.6) is 11.5 Å². The van der Waals surface area contributed by atoms with Gasteiger partial charge in [-0.3, -0.25) is 4.79 Å². The predicted octanol–water partition coefficient (Wildman–Crippen LogP) is 2.12. The summed E-state index contributed by atoms with van der Waals surface area (Å²) in [5.74, 6) is -1.24. The van der Waals surface area contributed by atoms with Crippen molar-refractivity contribution in [2.45, 2.75) is 11.8 Å². The first-order valence-electron chi connectivity index (χ1n) is 7.25. The van der Waals surface area contributed by atoms with Crippen LogP contribution in [0.3, 0.4) is 0 Å². The Morgan fingerprint density at radius 2 is 1.84 bits per heavy atom. The Balaban J connectivity index is 2.06. The minimum absolute atomic E-state index is 0.0635. The summed E-state index contributed by atoms with van der Waals surface area (Å²) in [6.07, 6.45) is 0. The van der Waals surface area contributed by atoms with Crippen molar-refractivity contribution < 1.29 is 31.7 Å². The molecular formula is C17H14O7S. The molecule has 3 rings (SSSR count). The molecule has 0 amide bonds. The third-order valence-electron chi connectivity index (χ3n) is 3.66. The minimum Gasteiger partial charge on any atom is -0.485 e. The monoisotopic (exact) mass is 362 g/mol. The van der Waals surface area contributed by atoms with Gasteiger partial charge in [-0.15, -0.1) is 0 Å². The summed E-state index contributed by atoms with van der Waals surface area (Å²) in [5, 5.41) is 0. The smallest absolute Gasteiger partial charge is 0.341 e. The van der Waals surface area contributed by atoms with Crippen molar-refractivity contribution in [2.24, 2.45) is 0 Å². The Hall–Kier alpha value is -2.87. The van der Waals surface area contributed by atoms with Crippen molar-refractivity contribution in [2.75, 3.05) is 13.7 Å². The van der Waals surface area contributed by atoms with Crippen LogP contribution < -0.4 is 8.92 Å². The molecule has 0 aromatic heterocycles. The zero-order chi connectivity index (χ0) is 18.2. The lowest BCUT2D eigenvalue weighted by Crippen LogP contribution is -2.13. The Morgan fingerprint density at radius 1 is 1.16 bits per heavy atom. The predicted molar refractivity (Wildman–Crippen MR) is 86.6 cm³/mol. The SMILES string of the molecule is COC(=O)c1cc2c(cc1OS(=O)(=O)c1ccc(C)cc1)OCC2=O. The van der Waals surface area contributed by atoms with E-state index in [0.29, 0.717) is 0 Å². The number of esters is 1. The first-order valence-corrected chi connectivity index (χ1v) is 8.66. The number of ether oxygens (including phenoxy) is 2. The molecule has 2 aromatic carbocycles. The summed E-state index contributed by atoms with van der Waals surface area (Å²) in [6.45, 7) is 1.64. The van der Waals surface area contributed by atoms with Gasteiger partial charge in [0.1, 0.15) is 16.2 Å². The summed E-state index contributed by atoms with van der Waals surface area (Å²) in [5.41, 5.74) is 0.898. The van der Waals surface area contributed by atoms with Crippen molar-refractivity contribution in [1.82, 2.24) is 0 Å². The van der Waals surface area contributed by atoms with E-state index in [4.69, 9.17) is 8.92 Å². The van der Waals surface area contributed by atoms with Gasteiger partial charge in [0.2, 0.25) is 5.78 Å². The average molecular weight is 362 g/mol. The van der Waals surface area contributed by atoms with Gasteiger partial charge >= 0.3 is 16.1 Å². The highest BCUT2D eigenvalue weighted by molar-refractivity contribution is 7.87. The highest BCUT2D eigenvalue weighted by Crippen LogP contribution is 2.35. The van der Waals surface area contributed by atoms with Crippen molar-refractivity contribution in [1.29, 1.82) is 0 Å². The Morgan fingerprint density at radius 3 is 2.48 bits per heavy atom. The molecule has 1 aliphatic rings. The van der Waals surface area contributed by atoms with Crippen LogP contribution in [0.15, 0.2) is 41.3 Å². The minimum atomic E-state index is -4.17. The molecule has 0 N–H and O–H groups in total. The lowest BCUT2D eigenvalue weighted by molar-refractivity contribution is 0.0599. The van der Waals surface area contributed by atoms with E-state index >= 15 is 0 Å². The topological polar surface area (TPSA) is 96.0 Å². The molecule has 7 nitrogen and oxygen atoms in total. The summed E-state index contributed by atoms with van der Waals surface area (Å²) < 4.78 is 39.9. The molecule has 0 saturated carbocycles. The van der Waals surface area contributed by atoms with Gasteiger partial charge in [-0.1, -0.05) is 17.7 Å². The molecule has 2 aromatic rings. The van der Waals surface area contributed by atoms with Crippen LogP contribution >= 0.6 is 0 Å². The molecule has 0 radical (unpaired) electrons. The molecule has 0 saturated heterocycles. The van der Waals surface area contributed by atoms with Crippen molar-refractivity contribution in [3.05, 3.63) is 53.1 Å². The number of hydrogen-bond acceptors (Lipinski definition) is 7. The molecule has 0 fully saturated rings. The first kappa shape index (κ1) is 17.0. The van der Waals surface area contributed by atoms with Crippen LogP contribution in [0.25, 0.3) is 0 Å². The maximum absolute atomic E-state index is 12.5. The summed E-state index contributed by atoms with van der Waals surface area (Å²) in [6, 6.07) is 8.48. The van der Waals surface area contributed by atoms with Gasteiger partial charge in [-0.2, -0.15) is 8.42 Å². The van der Waals surface area contributed by atoms with Gasteiger partial charge in [0.25, 0.3) is 0 Å². The molecule has 130 valence electrons. The third kappa shape index (κ3) is 3.20. The summed E-state index contributed by atoms with van der Waals surface area (Å²) in [7, 11) is -3.03. The lowest BCUT2D eigenvalue weighted by atomic mass is 10.1. The van der Waals surface area contributed by atoms with Crippen LogP contribution in [-0.4, -0.2) is 33.9 Å². The number of Topliss-reactive ketones (excluding diaryl/α,β-unsaturated/α-hetero) is 1. The molecule has 0 atom stereocenters. The van der Waals surface area contributed by atoms with Crippen molar-refractivity contribution in [3.63, 3.8) is 0 Å². The second kappa shape index (κ2) is 6.21. The zero-order valence-electron chi connectivity index (χ0n) is 13.4. The number of benzene rings is 2. The largest absolute Gasteiger partial charge is 0.485 e. The molecule has 8 heteroatoms. The van der Waals surface area contributed by atoms with E-state index in [2.05, 4.69) is 4.74 Å². The number of aryl methyl sites for hydroxylation is 1. The summed E-state index contributed by atoms with van der Waals surface area (Å²) >= 11 is 0. The fourth-order valence-electron chi connectivity index (χ4n) is 2.33. The molecule has 0 aliphatic carbocycles. The molecule has 0 spiro atoms. The van der Waals surface area contributed by atoms with Crippen LogP contribution in [0.1, 0.15) is 26.3 Å². The van der Waals surface area contributed by atoms with Crippen LogP contribution in [0, 0.1) is 6.92 Å². The van der Waals surface area contributed by atoms with Crippen molar-refractivity contribution >= 4 is 21.9 Å². The second-order valence-electron chi connectivity index (χ2n) is 5.40. The Kier molecular flexibility index (Phi) is 4.22. The van der Waals surface area contributed by atoms with Crippen molar-refractivity contribution in [3.8, 4) is 11.5 Å². The molecule has 0 unspecified atom stereocenters. The van der Waals surface area contributed by atoms with Gasteiger partial charge in [0.05, 0.1) is 12.7 Å². The number of hydrogen-bond donors (Lipinski definition) is 0. The highest BCUT2D eigenvalue weighted by Gasteiger charge is 2.29. The maximum atomic E-state index is 12.5. The number of carbonyl (C=O) groups is 2. The van der Waals surface area contributed by atoms with Crippen LogP contribution in [0.4, 0.5) is 0 Å². The van der Waals surface area contributed by atoms with Gasteiger partial charge in [0, 0.05) is 6.07 Å². The quantitative estimate of drug-likeness (QED) is 0.607. The van der Waals surface area contributed by atoms with Gasteiger partial charge < -0.3 is 13.7 Å². The normalized spacial score (nSPS) is 13.1. The zero-order valence-corrected chi connectivity index (χ0v) is 14.3. The summed E-state index contributed by atoms with van der Waals surface area (Å²) in [4.78, 5) is 23.6. The molecule has 1 heterocycles. The van der Waals surface area contributed by atoms with E-state index in [-0.39, 0.29) is 39.9 Å². The van der Waals surface area contributed by atoms with E-state index in [1.165, 1.54) is 24.3 Å². The molecule has 1 aliphatic heterocycles. The van der Waals surface area contributed by atoms with E-state index < -0.39 is 16.1 Å². The first-order chi connectivity index (χ1) is 11.8. The van der Waals surface area contributed by atoms with Crippen LogP contribution in [-0.2, 0) is 14.9 Å². The van der Waals surface area contributed by atoms with E-state index in [1.807, 2.05) is 6.92 Å². The third-order valence-corrected chi connectivity index (χ3v) is 4.90. The fourth-order valence-corrected chi connectivity index (χ4v) is 3.27. The fraction of sp³-hybridized carbons (Fsp3) is 0.176. The standard InChI is InChI=1S/C17H14O7S/c1-10-3-5-11(6-4-10)25(20,21)24-16-8-15-12(14(18)9-23-15)7-13(16)17(19)22-2/h3-8H,9H2,1-2H3. The number of fused-ring (bicyclic) bond motifs is 1. The van der Waals surface area contributed by atoms with Gasteiger partial charge in [-0.05, 0) is 25.1 Å². The van der Waals surface area contributed by atoms with Crippen LogP contribution in [0.2, 0.25) is 0 Å². The van der Waals surface area contributed by atoms with E-state index in [0.717, 1.165) is 12.7 Å². The lowest BCUT2D eigenvalue weighted by Gasteiger charge is -2.12. The number of ketones is 1. The van der Waals surface area contributed by atoms with Gasteiger partial charge in [-0.25, -0.2) is 4.79 Å². The van der Waals surface area contributed by atoms with E-state index in [9.17, 15) is 18.0 Å². The molecule has 0 bridgehead atoms. The maximum Gasteiger partial charge on any atom is 0.341 e. The number of methoxy groups -OCH3 is 1. The second-order valence-corrected chi connectivity index (χ2v) is 6.94. The number of rotatable bonds is 4. The molecular weight excluding hydrogens is 348 g/mol. The average Bonchev–Trinajstić information content (AvgIpc) is 2.94. The Bertz CT molecular complexity index is 959. The van der Waals surface area contributed by atoms with Gasteiger partial charge in [0.15, 0.2) is 12.4 Å². The van der Waals surface area contributed by atoms with E-state index in [1.54, 1.807) is 12.1 Å². The molecule has 25 heavy (non-hydrogen) atoms. The highest BCUT2D eigenvalue weighted by atomic mass is 32.2. The number of carbonyl (C=O) groups excluding carboxylic acids is 2. The Labute approximate surface area is 144 Å².